The van der Waals surface area contributed by atoms with Gasteiger partial charge in [-0.05, 0) is 84.0 Å². The number of alkyl halides is 1. The number of halogens is 1. The second-order valence-electron chi connectivity index (χ2n) is 11.9. The van der Waals surface area contributed by atoms with E-state index in [2.05, 4.69) is 48.9 Å². The van der Waals surface area contributed by atoms with Gasteiger partial charge >= 0.3 is 0 Å². The Morgan fingerprint density at radius 1 is 1.16 bits per heavy atom. The summed E-state index contributed by atoms with van der Waals surface area (Å²) in [6, 6.07) is 12.6. The SMILES string of the molecule is CC(C)[C@@H](CN1CC[C@@](C)(c2cccc(O)c2)[C@@H](C)C1)NC(=O)[C@H]1Cc2ccc(O)cc2CN1CCCF. The maximum atomic E-state index is 13.7. The second-order valence-corrected chi connectivity index (χ2v) is 11.9. The lowest BCUT2D eigenvalue weighted by Gasteiger charge is -2.46. The molecule has 0 radical (unpaired) electrons. The van der Waals surface area contributed by atoms with E-state index >= 15 is 0 Å². The van der Waals surface area contributed by atoms with Crippen molar-refractivity contribution in [2.45, 2.75) is 71.0 Å². The predicted molar refractivity (Wildman–Crippen MR) is 149 cm³/mol. The van der Waals surface area contributed by atoms with Crippen molar-refractivity contribution in [3.8, 4) is 11.5 Å². The lowest BCUT2D eigenvalue weighted by molar-refractivity contribution is -0.128. The molecule has 6 nitrogen and oxygen atoms in total. The smallest absolute Gasteiger partial charge is 0.237 e. The van der Waals surface area contributed by atoms with Gasteiger partial charge in [-0.2, -0.15) is 0 Å². The van der Waals surface area contributed by atoms with Crippen LogP contribution in [0.15, 0.2) is 42.5 Å². The number of piperidine rings is 1. The molecule has 0 aliphatic carbocycles. The Balaban J connectivity index is 1.42. The van der Waals surface area contributed by atoms with Crippen LogP contribution in [0.25, 0.3) is 0 Å². The molecule has 0 bridgehead atoms. The molecule has 38 heavy (non-hydrogen) atoms. The molecule has 3 N–H and O–H groups in total. The summed E-state index contributed by atoms with van der Waals surface area (Å²) in [7, 11) is 0. The molecule has 2 heterocycles. The number of phenolic OH excluding ortho intramolecular Hbond substituents is 2. The number of amides is 1. The van der Waals surface area contributed by atoms with Gasteiger partial charge in [0.05, 0.1) is 12.7 Å². The Morgan fingerprint density at radius 3 is 2.61 bits per heavy atom. The van der Waals surface area contributed by atoms with Crippen LogP contribution in [-0.4, -0.2) is 70.9 Å². The molecule has 0 spiro atoms. The van der Waals surface area contributed by atoms with Crippen molar-refractivity contribution in [3.63, 3.8) is 0 Å². The molecule has 0 saturated carbocycles. The first kappa shape index (κ1) is 28.4. The molecule has 1 amide bonds. The number of rotatable bonds is 9. The minimum atomic E-state index is -0.416. The fourth-order valence-corrected chi connectivity index (χ4v) is 6.13. The zero-order valence-electron chi connectivity index (χ0n) is 23.3. The minimum Gasteiger partial charge on any atom is -0.508 e. The molecule has 1 saturated heterocycles. The molecule has 2 aliphatic rings. The average molecular weight is 526 g/mol. The average Bonchev–Trinajstić information content (AvgIpc) is 2.88. The highest BCUT2D eigenvalue weighted by Crippen LogP contribution is 2.40. The number of phenols is 2. The summed E-state index contributed by atoms with van der Waals surface area (Å²) < 4.78 is 13.0. The maximum absolute atomic E-state index is 13.7. The van der Waals surface area contributed by atoms with Gasteiger partial charge in [0.15, 0.2) is 0 Å². The summed E-state index contributed by atoms with van der Waals surface area (Å²) in [5.41, 5.74) is 3.24. The largest absolute Gasteiger partial charge is 0.508 e. The molecule has 1 fully saturated rings. The molecule has 4 atom stereocenters. The van der Waals surface area contributed by atoms with Crippen molar-refractivity contribution in [3.05, 3.63) is 59.2 Å². The van der Waals surface area contributed by atoms with Crippen LogP contribution in [0.3, 0.4) is 0 Å². The third kappa shape index (κ3) is 6.32. The molecular weight excluding hydrogens is 481 g/mol. The first-order valence-corrected chi connectivity index (χ1v) is 14.0. The first-order valence-electron chi connectivity index (χ1n) is 14.0. The molecule has 0 aromatic heterocycles. The van der Waals surface area contributed by atoms with Gasteiger partial charge in [-0.15, -0.1) is 0 Å². The number of fused-ring (bicyclic) bond motifs is 1. The van der Waals surface area contributed by atoms with Gasteiger partial charge in [0.1, 0.15) is 11.5 Å². The summed E-state index contributed by atoms with van der Waals surface area (Å²) in [6.07, 6.45) is 1.93. The topological polar surface area (TPSA) is 76.0 Å². The van der Waals surface area contributed by atoms with Crippen LogP contribution in [0.5, 0.6) is 11.5 Å². The highest BCUT2D eigenvalue weighted by molar-refractivity contribution is 5.83. The Bertz CT molecular complexity index is 1110. The first-order chi connectivity index (χ1) is 18.1. The number of nitrogens with one attached hydrogen (secondary N) is 1. The van der Waals surface area contributed by atoms with E-state index in [9.17, 15) is 19.4 Å². The Hall–Kier alpha value is -2.64. The van der Waals surface area contributed by atoms with Gasteiger partial charge in [-0.1, -0.05) is 45.9 Å². The molecule has 0 unspecified atom stereocenters. The van der Waals surface area contributed by atoms with Gasteiger partial charge in [-0.25, -0.2) is 0 Å². The molecule has 2 aromatic carbocycles. The zero-order chi connectivity index (χ0) is 27.4. The number of hydrogen-bond acceptors (Lipinski definition) is 5. The van der Waals surface area contributed by atoms with E-state index in [4.69, 9.17) is 0 Å². The zero-order valence-corrected chi connectivity index (χ0v) is 23.3. The van der Waals surface area contributed by atoms with E-state index in [1.807, 2.05) is 18.2 Å². The van der Waals surface area contributed by atoms with Crippen molar-refractivity contribution in [2.75, 3.05) is 32.9 Å². The molecule has 2 aliphatic heterocycles. The molecule has 4 rings (SSSR count). The van der Waals surface area contributed by atoms with Crippen molar-refractivity contribution < 1.29 is 19.4 Å². The Labute approximate surface area is 226 Å². The lowest BCUT2D eigenvalue weighted by Crippen LogP contribution is -2.57. The van der Waals surface area contributed by atoms with Gasteiger partial charge in [0.2, 0.25) is 5.91 Å². The molecular formula is C31H44FN3O3. The van der Waals surface area contributed by atoms with E-state index < -0.39 is 6.67 Å². The van der Waals surface area contributed by atoms with Crippen LogP contribution in [0.4, 0.5) is 4.39 Å². The monoisotopic (exact) mass is 525 g/mol. The summed E-state index contributed by atoms with van der Waals surface area (Å²) in [6.45, 7) is 12.1. The van der Waals surface area contributed by atoms with E-state index in [1.54, 1.807) is 18.2 Å². The van der Waals surface area contributed by atoms with Gasteiger partial charge in [-0.3, -0.25) is 14.1 Å². The van der Waals surface area contributed by atoms with Crippen LogP contribution in [0.1, 0.15) is 57.2 Å². The third-order valence-corrected chi connectivity index (χ3v) is 8.96. The number of carbonyl (C=O) groups excluding carboxylic acids is 1. The second kappa shape index (κ2) is 12.0. The number of carbonyl (C=O) groups is 1. The molecule has 208 valence electrons. The van der Waals surface area contributed by atoms with Gasteiger partial charge in [0, 0.05) is 32.2 Å². The minimum absolute atomic E-state index is 0.00376. The van der Waals surface area contributed by atoms with Crippen LogP contribution in [-0.2, 0) is 23.2 Å². The fraction of sp³-hybridized carbons (Fsp3) is 0.581. The molecule has 7 heteroatoms. The highest BCUT2D eigenvalue weighted by Gasteiger charge is 2.39. The van der Waals surface area contributed by atoms with Gasteiger partial charge in [0.25, 0.3) is 0 Å². The number of nitrogens with zero attached hydrogens (tertiary/aromatic N) is 2. The maximum Gasteiger partial charge on any atom is 0.237 e. The Kier molecular flexibility index (Phi) is 8.99. The standard InChI is InChI=1S/C31H44FN3O3/c1-21(2)28(20-34-14-11-31(4,22(3)18-34)25-7-5-8-26(36)17-25)33-30(38)29-16-23-9-10-27(37)15-24(23)19-35(29)13-6-12-32/h5,7-10,15,17,21-22,28-29,36-37H,6,11-14,16,18-20H2,1-4H3,(H,33,38)/t22-,28+,29+,31+/m0/s1. The van der Waals surface area contributed by atoms with Gasteiger partial charge < -0.3 is 20.4 Å². The molecule has 2 aromatic rings. The predicted octanol–water partition coefficient (Wildman–Crippen LogP) is 4.62. The van der Waals surface area contributed by atoms with E-state index in [0.29, 0.717) is 37.6 Å². The van der Waals surface area contributed by atoms with Crippen molar-refractivity contribution >= 4 is 5.91 Å². The quantitative estimate of drug-likeness (QED) is 0.445. The number of hydrogen-bond donors (Lipinski definition) is 3. The summed E-state index contributed by atoms with van der Waals surface area (Å²) in [4.78, 5) is 18.2. The summed E-state index contributed by atoms with van der Waals surface area (Å²) >= 11 is 0. The number of aromatic hydroxyl groups is 2. The summed E-state index contributed by atoms with van der Waals surface area (Å²) in [5, 5.41) is 23.3. The fourth-order valence-electron chi connectivity index (χ4n) is 6.13. The van der Waals surface area contributed by atoms with E-state index in [1.165, 1.54) is 5.56 Å². The highest BCUT2D eigenvalue weighted by atomic mass is 19.1. The van der Waals surface area contributed by atoms with Crippen molar-refractivity contribution in [1.82, 2.24) is 15.1 Å². The van der Waals surface area contributed by atoms with Crippen LogP contribution in [0.2, 0.25) is 0 Å². The van der Waals surface area contributed by atoms with Crippen LogP contribution in [0, 0.1) is 11.8 Å². The lowest BCUT2D eigenvalue weighted by atomic mass is 9.68. The van der Waals surface area contributed by atoms with Crippen molar-refractivity contribution in [1.29, 1.82) is 0 Å². The third-order valence-electron chi connectivity index (χ3n) is 8.96. The normalized spacial score (nSPS) is 25.2. The van der Waals surface area contributed by atoms with E-state index in [-0.39, 0.29) is 35.1 Å². The number of likely N-dealkylation sites (tertiary alicyclic amines) is 1. The van der Waals surface area contributed by atoms with Crippen LogP contribution < -0.4 is 5.32 Å². The Morgan fingerprint density at radius 2 is 1.92 bits per heavy atom. The van der Waals surface area contributed by atoms with E-state index in [0.717, 1.165) is 37.2 Å². The number of benzene rings is 2. The van der Waals surface area contributed by atoms with Crippen LogP contribution >= 0.6 is 0 Å². The van der Waals surface area contributed by atoms with Crippen molar-refractivity contribution in [2.24, 2.45) is 11.8 Å². The summed E-state index contributed by atoms with van der Waals surface area (Å²) in [5.74, 6) is 1.18.